The largest absolute Gasteiger partial charge is 0.362 e. The lowest BCUT2D eigenvalue weighted by atomic mass is 10.4. The van der Waals surface area contributed by atoms with Gasteiger partial charge in [0, 0.05) is 6.20 Å². The third-order valence-corrected chi connectivity index (χ3v) is 1.35. The van der Waals surface area contributed by atoms with Crippen molar-refractivity contribution in [2.24, 2.45) is 4.99 Å². The predicted molar refractivity (Wildman–Crippen MR) is 37.6 cm³/mol. The number of aliphatic imine (C=N–C) groups is 1. The van der Waals surface area contributed by atoms with Gasteiger partial charge in [0.1, 0.15) is 17.5 Å². The number of rotatable bonds is 1. The van der Waals surface area contributed by atoms with Crippen LogP contribution in [-0.2, 0) is 0 Å². The molecule has 0 saturated heterocycles. The summed E-state index contributed by atoms with van der Waals surface area (Å²) in [5.74, 6) is 0. The molecule has 10 heavy (non-hydrogen) atoms. The molecule has 0 spiro atoms. The first-order chi connectivity index (χ1) is 4.92. The smallest absolute Gasteiger partial charge is 0.157 e. The molecule has 0 fully saturated rings. The maximum Gasteiger partial charge on any atom is 0.157 e. The Bertz CT molecular complexity index is 360. The maximum absolute atomic E-state index is 4.68. The number of hydrogen-bond donors (Lipinski definition) is 1. The van der Waals surface area contributed by atoms with Crippen LogP contribution in [0.25, 0.3) is 11.0 Å². The number of aromatic nitrogens is 2. The Labute approximate surface area is 56.5 Å². The van der Waals surface area contributed by atoms with Crippen molar-refractivity contribution >= 4 is 23.4 Å². The van der Waals surface area contributed by atoms with E-state index in [-0.39, 0.29) is 0 Å². The molecule has 2 aromatic rings. The van der Waals surface area contributed by atoms with Crippen LogP contribution in [0.4, 0.5) is 5.69 Å². The molecule has 0 atom stereocenters. The second kappa shape index (κ2) is 1.70. The lowest BCUT2D eigenvalue weighted by Gasteiger charge is -1.76. The van der Waals surface area contributed by atoms with E-state index in [0.717, 1.165) is 16.7 Å². The Morgan fingerprint density at radius 2 is 2.60 bits per heavy atom. The van der Waals surface area contributed by atoms with Gasteiger partial charge >= 0.3 is 0 Å². The molecule has 50 valence electrons. The fourth-order valence-electron chi connectivity index (χ4n) is 0.859. The van der Waals surface area contributed by atoms with Gasteiger partial charge in [0.2, 0.25) is 0 Å². The van der Waals surface area contributed by atoms with Crippen LogP contribution in [0.1, 0.15) is 0 Å². The minimum absolute atomic E-state index is 0.726. The summed E-state index contributed by atoms with van der Waals surface area (Å²) >= 11 is 0. The monoisotopic (exact) mass is 135 g/mol. The quantitative estimate of drug-likeness (QED) is 0.602. The number of aromatic amines is 1. The molecule has 0 aromatic carbocycles. The van der Waals surface area contributed by atoms with Crippen molar-refractivity contribution in [3.8, 4) is 0 Å². The van der Waals surface area contributed by atoms with Gasteiger partial charge in [-0.1, -0.05) is 5.16 Å². The van der Waals surface area contributed by atoms with Crippen LogP contribution in [0, 0.1) is 0 Å². The van der Waals surface area contributed by atoms with Gasteiger partial charge in [0.05, 0.1) is 0 Å². The minimum Gasteiger partial charge on any atom is -0.362 e. The molecule has 0 aliphatic heterocycles. The third kappa shape index (κ3) is 0.500. The molecule has 2 heterocycles. The Kier molecular flexibility index (Phi) is 0.887. The molecule has 2 aromatic heterocycles. The van der Waals surface area contributed by atoms with Gasteiger partial charge in [0.25, 0.3) is 0 Å². The Hall–Kier alpha value is -1.58. The van der Waals surface area contributed by atoms with Crippen LogP contribution >= 0.6 is 0 Å². The van der Waals surface area contributed by atoms with E-state index in [1.54, 1.807) is 6.20 Å². The van der Waals surface area contributed by atoms with Crippen molar-refractivity contribution in [3.05, 3.63) is 12.5 Å². The summed E-state index contributed by atoms with van der Waals surface area (Å²) in [6.07, 6.45) is 3.27. The molecule has 0 amide bonds. The van der Waals surface area contributed by atoms with Crippen molar-refractivity contribution in [2.45, 2.75) is 0 Å². The molecule has 0 aliphatic carbocycles. The van der Waals surface area contributed by atoms with Crippen molar-refractivity contribution < 1.29 is 4.52 Å². The molecule has 0 bridgehead atoms. The van der Waals surface area contributed by atoms with Crippen molar-refractivity contribution in [2.75, 3.05) is 0 Å². The van der Waals surface area contributed by atoms with E-state index in [4.69, 9.17) is 0 Å². The summed E-state index contributed by atoms with van der Waals surface area (Å²) in [5.41, 5.74) is 2.31. The summed E-state index contributed by atoms with van der Waals surface area (Å²) in [4.78, 5) is 6.66. The average Bonchev–Trinajstić information content (AvgIpc) is 2.44. The van der Waals surface area contributed by atoms with E-state index in [1.807, 2.05) is 0 Å². The topological polar surface area (TPSA) is 54.2 Å². The highest BCUT2D eigenvalue weighted by Gasteiger charge is 2.03. The fourth-order valence-corrected chi connectivity index (χ4v) is 0.859. The summed E-state index contributed by atoms with van der Waals surface area (Å²) in [6, 6.07) is 0. The Balaban J connectivity index is 2.88. The highest BCUT2D eigenvalue weighted by molar-refractivity contribution is 5.86. The lowest BCUT2D eigenvalue weighted by molar-refractivity contribution is 0.428. The second-order valence-corrected chi connectivity index (χ2v) is 1.91. The fraction of sp³-hybridized carbons (Fsp3) is 0. The van der Waals surface area contributed by atoms with Gasteiger partial charge < -0.3 is 9.51 Å². The van der Waals surface area contributed by atoms with Gasteiger partial charge in [-0.05, 0) is 6.72 Å². The van der Waals surface area contributed by atoms with Crippen molar-refractivity contribution in [3.63, 3.8) is 0 Å². The van der Waals surface area contributed by atoms with Gasteiger partial charge in [-0.25, -0.2) is 0 Å². The van der Waals surface area contributed by atoms with Crippen LogP contribution in [0.3, 0.4) is 0 Å². The first-order valence-electron chi connectivity index (χ1n) is 2.80. The van der Waals surface area contributed by atoms with Crippen LogP contribution in [-0.4, -0.2) is 16.9 Å². The maximum atomic E-state index is 4.68. The molecule has 2 rings (SSSR count). The number of nitrogens with one attached hydrogen (secondary N) is 1. The number of fused-ring (bicyclic) bond motifs is 1. The molecule has 0 saturated carbocycles. The summed E-state index contributed by atoms with van der Waals surface area (Å²) in [5, 5.41) is 3.71. The van der Waals surface area contributed by atoms with Crippen molar-refractivity contribution in [1.82, 2.24) is 10.1 Å². The van der Waals surface area contributed by atoms with Crippen LogP contribution in [0.2, 0.25) is 0 Å². The van der Waals surface area contributed by atoms with E-state index in [1.165, 1.54) is 6.26 Å². The molecular formula is C6H5N3O. The van der Waals surface area contributed by atoms with Crippen LogP contribution in [0.15, 0.2) is 22.0 Å². The molecule has 0 unspecified atom stereocenters. The first kappa shape index (κ1) is 5.22. The molecule has 4 nitrogen and oxygen atoms in total. The highest BCUT2D eigenvalue weighted by atomic mass is 16.5. The third-order valence-electron chi connectivity index (χ3n) is 1.35. The molecule has 0 aliphatic rings. The van der Waals surface area contributed by atoms with E-state index < -0.39 is 0 Å². The highest BCUT2D eigenvalue weighted by Crippen LogP contribution is 2.22. The number of H-pyrrole nitrogens is 1. The zero-order chi connectivity index (χ0) is 6.97. The van der Waals surface area contributed by atoms with Crippen molar-refractivity contribution in [1.29, 1.82) is 0 Å². The zero-order valence-corrected chi connectivity index (χ0v) is 5.16. The number of hydrogen-bond acceptors (Lipinski definition) is 3. The predicted octanol–water partition coefficient (Wildman–Crippen LogP) is 1.49. The summed E-state index contributed by atoms with van der Waals surface area (Å²) in [7, 11) is 0. The minimum atomic E-state index is 0.726. The molecular weight excluding hydrogens is 130 g/mol. The van der Waals surface area contributed by atoms with Gasteiger partial charge in [-0.2, -0.15) is 0 Å². The summed E-state index contributed by atoms with van der Waals surface area (Å²) < 4.78 is 4.68. The van der Waals surface area contributed by atoms with Gasteiger partial charge in [-0.3, -0.25) is 4.99 Å². The average molecular weight is 135 g/mol. The summed E-state index contributed by atoms with van der Waals surface area (Å²) in [6.45, 7) is 3.38. The second-order valence-electron chi connectivity index (χ2n) is 1.91. The standard InChI is InChI=1S/C6H5N3O/c1-7-4-2-8-5-3-10-9-6(4)5/h2-3,8H,1H2. The van der Waals surface area contributed by atoms with Crippen LogP contribution in [0.5, 0.6) is 0 Å². The van der Waals surface area contributed by atoms with E-state index in [9.17, 15) is 0 Å². The SMILES string of the molecule is C=Nc1c[nH]c2conc12. The zero-order valence-electron chi connectivity index (χ0n) is 5.16. The normalized spacial score (nSPS) is 10.4. The molecule has 0 radical (unpaired) electrons. The lowest BCUT2D eigenvalue weighted by Crippen LogP contribution is -1.57. The first-order valence-corrected chi connectivity index (χ1v) is 2.80. The molecule has 1 N–H and O–H groups in total. The number of nitrogens with zero attached hydrogens (tertiary/aromatic N) is 2. The van der Waals surface area contributed by atoms with E-state index in [2.05, 4.69) is 26.4 Å². The van der Waals surface area contributed by atoms with E-state index >= 15 is 0 Å². The Morgan fingerprint density at radius 3 is 3.40 bits per heavy atom. The van der Waals surface area contributed by atoms with Crippen LogP contribution < -0.4 is 0 Å². The van der Waals surface area contributed by atoms with E-state index in [0.29, 0.717) is 0 Å². The van der Waals surface area contributed by atoms with Gasteiger partial charge in [0.15, 0.2) is 5.52 Å². The van der Waals surface area contributed by atoms with Gasteiger partial charge in [-0.15, -0.1) is 0 Å². The Morgan fingerprint density at radius 1 is 1.70 bits per heavy atom. The molecule has 4 heteroatoms.